The van der Waals surface area contributed by atoms with E-state index in [0.29, 0.717) is 4.32 Å². The highest BCUT2D eigenvalue weighted by molar-refractivity contribution is 8.10. The summed E-state index contributed by atoms with van der Waals surface area (Å²) in [6.07, 6.45) is 5.59. The lowest BCUT2D eigenvalue weighted by Gasteiger charge is -2.25. The number of rotatable bonds is 7. The molecule has 0 aromatic carbocycles. The number of thiocarbonyl (C=S) groups is 1. The maximum absolute atomic E-state index is 5.70. The molecule has 1 atom stereocenters. The maximum atomic E-state index is 5.70. The zero-order chi connectivity index (χ0) is 17.0. The monoisotopic (exact) mass is 346 g/mol. The van der Waals surface area contributed by atoms with Crippen molar-refractivity contribution in [3.05, 3.63) is 11.6 Å². The average molecular weight is 347 g/mol. The van der Waals surface area contributed by atoms with Crippen molar-refractivity contribution >= 4 is 29.2 Å². The molecule has 1 aliphatic rings. The van der Waals surface area contributed by atoms with Crippen molar-refractivity contribution in [3.8, 4) is 0 Å². The quantitative estimate of drug-likeness (QED) is 0.419. The van der Waals surface area contributed by atoms with Crippen LogP contribution < -0.4 is 0 Å². The summed E-state index contributed by atoms with van der Waals surface area (Å²) >= 11 is 9.32. The number of hydrogen-bond donors (Lipinski definition) is 1. The Morgan fingerprint density at radius 3 is 2.18 bits per heavy atom. The highest BCUT2D eigenvalue weighted by atomic mass is 32.1. The van der Waals surface area contributed by atoms with Gasteiger partial charge in [0.1, 0.15) is 4.32 Å². The van der Waals surface area contributed by atoms with Crippen LogP contribution >= 0.6 is 24.8 Å². The zero-order valence-corrected chi connectivity index (χ0v) is 16.7. The lowest BCUT2D eigenvalue weighted by molar-refractivity contribution is 0.0932. The van der Waals surface area contributed by atoms with Gasteiger partial charge in [-0.3, -0.25) is 0 Å². The van der Waals surface area contributed by atoms with Crippen molar-refractivity contribution in [2.24, 2.45) is 0 Å². The molecule has 1 unspecified atom stereocenters. The van der Waals surface area contributed by atoms with Crippen LogP contribution in [0.2, 0.25) is 0 Å². The number of hydrogen-bond acceptors (Lipinski definition) is 3. The zero-order valence-electron chi connectivity index (χ0n) is 15.0. The highest BCUT2D eigenvalue weighted by Crippen LogP contribution is 2.22. The standard InChI is InChI=1S/C11H19NOS2.C6H15N/c1-3-5-6-9(4-2)10-12(11(14)15)7-8-13-10;1-4-7(5-2)6-3/h6,10H,3-5,7-8H2,1-2H3,(H,14,15);4-6H2,1-3H3/b9-6+;. The number of unbranched alkanes of at least 4 members (excludes halogenated alkanes) is 1. The molecule has 1 rings (SSSR count). The largest absolute Gasteiger partial charge is 0.353 e. The van der Waals surface area contributed by atoms with Crippen LogP contribution in [0.25, 0.3) is 0 Å². The first-order valence-electron chi connectivity index (χ1n) is 8.57. The molecule has 1 heterocycles. The fraction of sp³-hybridized carbons (Fsp3) is 0.824. The van der Waals surface area contributed by atoms with Crippen molar-refractivity contribution < 1.29 is 4.74 Å². The van der Waals surface area contributed by atoms with Crippen molar-refractivity contribution in [1.82, 2.24) is 9.80 Å². The fourth-order valence-corrected chi connectivity index (χ4v) is 2.79. The molecule has 3 nitrogen and oxygen atoms in total. The average Bonchev–Trinajstić information content (AvgIpc) is 3.00. The predicted octanol–water partition coefficient (Wildman–Crippen LogP) is 4.34. The topological polar surface area (TPSA) is 15.7 Å². The third kappa shape index (κ3) is 7.95. The van der Waals surface area contributed by atoms with Crippen LogP contribution in [0.3, 0.4) is 0 Å². The Morgan fingerprint density at radius 2 is 1.82 bits per heavy atom. The van der Waals surface area contributed by atoms with Gasteiger partial charge < -0.3 is 14.5 Å². The summed E-state index contributed by atoms with van der Waals surface area (Å²) < 4.78 is 6.33. The van der Waals surface area contributed by atoms with Gasteiger partial charge >= 0.3 is 0 Å². The summed E-state index contributed by atoms with van der Waals surface area (Å²) in [6.45, 7) is 16.1. The molecule has 0 radical (unpaired) electrons. The Labute approximate surface area is 148 Å². The Balaban J connectivity index is 0.000000534. The normalized spacial score (nSPS) is 18.4. The van der Waals surface area contributed by atoms with Gasteiger partial charge in [-0.25, -0.2) is 0 Å². The second-order valence-corrected chi connectivity index (χ2v) is 6.35. The van der Waals surface area contributed by atoms with Gasteiger partial charge in [0.15, 0.2) is 6.23 Å². The summed E-state index contributed by atoms with van der Waals surface area (Å²) in [7, 11) is 0. The molecule has 0 bridgehead atoms. The van der Waals surface area contributed by atoms with Crippen LogP contribution in [-0.4, -0.2) is 53.1 Å². The van der Waals surface area contributed by atoms with Gasteiger partial charge in [0.25, 0.3) is 0 Å². The van der Waals surface area contributed by atoms with E-state index in [-0.39, 0.29) is 6.23 Å². The van der Waals surface area contributed by atoms with Gasteiger partial charge in [0, 0.05) is 6.54 Å². The molecule has 1 aliphatic heterocycles. The predicted molar refractivity (Wildman–Crippen MR) is 105 cm³/mol. The van der Waals surface area contributed by atoms with Crippen LogP contribution in [-0.2, 0) is 4.74 Å². The van der Waals surface area contributed by atoms with E-state index >= 15 is 0 Å². The van der Waals surface area contributed by atoms with E-state index in [1.165, 1.54) is 31.6 Å². The van der Waals surface area contributed by atoms with Gasteiger partial charge in [0.2, 0.25) is 0 Å². The molecular weight excluding hydrogens is 312 g/mol. The Bertz CT molecular complexity index is 325. The minimum Gasteiger partial charge on any atom is -0.353 e. The van der Waals surface area contributed by atoms with Crippen molar-refractivity contribution in [3.63, 3.8) is 0 Å². The van der Waals surface area contributed by atoms with Gasteiger partial charge in [-0.2, -0.15) is 0 Å². The first kappa shape index (κ1) is 21.9. The summed E-state index contributed by atoms with van der Waals surface area (Å²) in [5, 5.41) is 0. The molecule has 0 aromatic heterocycles. The van der Waals surface area contributed by atoms with E-state index in [2.05, 4.69) is 58.2 Å². The van der Waals surface area contributed by atoms with Crippen molar-refractivity contribution in [2.45, 2.75) is 60.1 Å². The SMILES string of the molecule is CCC/C=C(\CC)C1OCCN1C(=S)S.CCN(CC)CC. The number of thiol groups is 1. The molecular formula is C17H34N2OS2. The maximum Gasteiger partial charge on any atom is 0.153 e. The van der Waals surface area contributed by atoms with Crippen LogP contribution in [0.1, 0.15) is 53.9 Å². The van der Waals surface area contributed by atoms with E-state index < -0.39 is 0 Å². The first-order chi connectivity index (χ1) is 10.5. The van der Waals surface area contributed by atoms with Gasteiger partial charge in [-0.1, -0.05) is 59.3 Å². The van der Waals surface area contributed by atoms with Crippen LogP contribution in [0.4, 0.5) is 0 Å². The second-order valence-electron chi connectivity index (χ2n) is 5.24. The molecule has 0 spiro atoms. The molecule has 0 aromatic rings. The number of nitrogens with zero attached hydrogens (tertiary/aromatic N) is 2. The van der Waals surface area contributed by atoms with Gasteiger partial charge in [-0.15, -0.1) is 12.6 Å². The van der Waals surface area contributed by atoms with Crippen LogP contribution in [0.15, 0.2) is 11.6 Å². The van der Waals surface area contributed by atoms with Crippen LogP contribution in [0, 0.1) is 0 Å². The molecule has 130 valence electrons. The Kier molecular flexibility index (Phi) is 13.3. The van der Waals surface area contributed by atoms with Crippen molar-refractivity contribution in [1.29, 1.82) is 0 Å². The molecule has 0 saturated carbocycles. The van der Waals surface area contributed by atoms with Crippen LogP contribution in [0.5, 0.6) is 0 Å². The highest BCUT2D eigenvalue weighted by Gasteiger charge is 2.28. The second kappa shape index (κ2) is 13.3. The van der Waals surface area contributed by atoms with E-state index in [0.717, 1.165) is 26.0 Å². The Morgan fingerprint density at radius 1 is 1.23 bits per heavy atom. The molecule has 22 heavy (non-hydrogen) atoms. The lowest BCUT2D eigenvalue weighted by atomic mass is 10.1. The molecule has 0 amide bonds. The number of allylic oxidation sites excluding steroid dienone is 1. The third-order valence-electron chi connectivity index (χ3n) is 3.90. The minimum absolute atomic E-state index is 0.0338. The smallest absolute Gasteiger partial charge is 0.153 e. The lowest BCUT2D eigenvalue weighted by Crippen LogP contribution is -2.33. The molecule has 1 fully saturated rings. The van der Waals surface area contributed by atoms with E-state index in [9.17, 15) is 0 Å². The molecule has 1 saturated heterocycles. The van der Waals surface area contributed by atoms with E-state index in [1.54, 1.807) is 0 Å². The van der Waals surface area contributed by atoms with E-state index in [1.807, 2.05) is 4.90 Å². The summed E-state index contributed by atoms with van der Waals surface area (Å²) in [6, 6.07) is 0. The summed E-state index contributed by atoms with van der Waals surface area (Å²) in [4.78, 5) is 4.42. The Hall–Kier alpha value is -0.100. The fourth-order valence-electron chi connectivity index (χ4n) is 2.39. The minimum atomic E-state index is 0.0338. The molecule has 5 heteroatoms. The summed E-state index contributed by atoms with van der Waals surface area (Å²) in [5.41, 5.74) is 1.32. The summed E-state index contributed by atoms with van der Waals surface area (Å²) in [5.74, 6) is 0. The third-order valence-corrected chi connectivity index (χ3v) is 4.39. The van der Waals surface area contributed by atoms with E-state index in [4.69, 9.17) is 17.0 Å². The molecule has 0 aliphatic carbocycles. The first-order valence-corrected chi connectivity index (χ1v) is 9.43. The van der Waals surface area contributed by atoms with Gasteiger partial charge in [0.05, 0.1) is 6.61 Å². The molecule has 0 N–H and O–H groups in total. The number of ether oxygens (including phenoxy) is 1. The van der Waals surface area contributed by atoms with Crippen molar-refractivity contribution in [2.75, 3.05) is 32.8 Å². The van der Waals surface area contributed by atoms with Gasteiger partial charge in [-0.05, 0) is 38.0 Å².